The van der Waals surface area contributed by atoms with Gasteiger partial charge < -0.3 is 28.1 Å². The average molecular weight is 349 g/mol. The molecular formula is H10AlClO12Si3. The molecule has 0 atom stereocenters. The minimum Gasteiger partial charge on any atom is -0.510 e. The quantitative estimate of drug-likeness (QED) is 0.164. The number of rotatable bonds is 3. The van der Waals surface area contributed by atoms with Crippen LogP contribution in [0.5, 0.6) is 0 Å². The summed E-state index contributed by atoms with van der Waals surface area (Å²) >= 11 is 0. The van der Waals surface area contributed by atoms with Crippen LogP contribution < -0.4 is 0 Å². The van der Waals surface area contributed by atoms with Gasteiger partial charge in [0.25, 0.3) is 0 Å². The lowest BCUT2D eigenvalue weighted by Gasteiger charge is -1.73. The fourth-order valence-corrected chi connectivity index (χ4v) is 0. The molecule has 104 valence electrons. The van der Waals surface area contributed by atoms with Crippen molar-refractivity contribution >= 4 is 57.3 Å². The molecule has 12 nitrogen and oxygen atoms in total. The van der Waals surface area contributed by atoms with Crippen LogP contribution in [0.4, 0.5) is 0 Å². The maximum Gasteiger partial charge on any atom is 0.798 e. The Hall–Kier alpha value is -0.447. The van der Waals surface area contributed by atoms with Crippen LogP contribution in [0.15, 0.2) is 0 Å². The summed E-state index contributed by atoms with van der Waals surface area (Å²) in [5.41, 5.74) is 0. The second kappa shape index (κ2) is 24.7. The summed E-state index contributed by atoms with van der Waals surface area (Å²) in [5.74, 6) is 0. The van der Waals surface area contributed by atoms with E-state index in [1.165, 1.54) is 0 Å². The first-order chi connectivity index (χ1) is 6.81. The standard InChI is InChI=1S/Al.ClH.3H2O4Si.3H/c;;3*1-4-5(2)3;;;/h;1H;3*1-2H;;;. The van der Waals surface area contributed by atoms with E-state index in [1.54, 1.807) is 0 Å². The van der Waals surface area contributed by atoms with Crippen molar-refractivity contribution < 1.29 is 57.3 Å². The number of hydrogen-bond donors (Lipinski definition) is 6. The molecule has 17 heavy (non-hydrogen) atoms. The maximum absolute atomic E-state index is 9.08. The minimum atomic E-state index is -3.07. The van der Waals surface area contributed by atoms with E-state index in [0.717, 1.165) is 0 Å². The fraction of sp³-hybridized carbons (Fsp3) is 0. The van der Waals surface area contributed by atoms with Crippen LogP contribution in [0.3, 0.4) is 0 Å². The molecule has 0 heterocycles. The normalized spacial score (nSPS) is 5.82. The zero-order valence-corrected chi connectivity index (χ0v) is 10.9. The van der Waals surface area contributed by atoms with E-state index in [9.17, 15) is 0 Å². The fourth-order valence-electron chi connectivity index (χ4n) is 0. The molecule has 0 saturated heterocycles. The first-order valence-corrected chi connectivity index (χ1v) is 6.23. The van der Waals surface area contributed by atoms with Crippen molar-refractivity contribution in [1.82, 2.24) is 0 Å². The van der Waals surface area contributed by atoms with Crippen LogP contribution in [-0.4, -0.2) is 75.0 Å². The molecular weight excluding hydrogens is 339 g/mol. The highest BCUT2D eigenvalue weighted by Gasteiger charge is 1.98. The Kier molecular flexibility index (Phi) is 43.6. The van der Waals surface area contributed by atoms with E-state index < -0.39 is 27.5 Å². The number of hydrogen-bond acceptors (Lipinski definition) is 9. The zero-order valence-electron chi connectivity index (χ0n) is 7.04. The van der Waals surface area contributed by atoms with Gasteiger partial charge in [-0.3, -0.25) is 13.4 Å². The van der Waals surface area contributed by atoms with E-state index in [2.05, 4.69) is 13.7 Å². The molecule has 0 unspecified atom stereocenters. The lowest BCUT2D eigenvalue weighted by molar-refractivity contribution is -0.161. The Morgan fingerprint density at radius 1 is 0.647 bits per heavy atom. The van der Waals surface area contributed by atoms with E-state index in [0.29, 0.717) is 0 Å². The lowest BCUT2D eigenvalue weighted by Crippen LogP contribution is -1.99. The highest BCUT2D eigenvalue weighted by molar-refractivity contribution is 6.24. The van der Waals surface area contributed by atoms with Gasteiger partial charge >= 0.3 is 27.5 Å². The summed E-state index contributed by atoms with van der Waals surface area (Å²) < 4.78 is 35.8. The molecule has 0 aliphatic carbocycles. The molecule has 0 spiro atoms. The average Bonchev–Trinajstić information content (AvgIpc) is 2.19. The van der Waals surface area contributed by atoms with Crippen LogP contribution in [0.25, 0.3) is 0 Å². The summed E-state index contributed by atoms with van der Waals surface area (Å²) in [4.78, 5) is 22.3. The summed E-state index contributed by atoms with van der Waals surface area (Å²) in [5, 5.41) is 21.4. The third-order valence-corrected chi connectivity index (χ3v) is 0.703. The van der Waals surface area contributed by atoms with Gasteiger partial charge in [0.15, 0.2) is 17.4 Å². The van der Waals surface area contributed by atoms with Crippen molar-refractivity contribution in [2.45, 2.75) is 0 Å². The van der Waals surface area contributed by atoms with Crippen molar-refractivity contribution in [2.75, 3.05) is 0 Å². The van der Waals surface area contributed by atoms with E-state index in [-0.39, 0.29) is 29.8 Å². The summed E-state index contributed by atoms with van der Waals surface area (Å²) in [6, 6.07) is 0. The van der Waals surface area contributed by atoms with E-state index >= 15 is 0 Å². The van der Waals surface area contributed by atoms with Crippen molar-refractivity contribution in [3.63, 3.8) is 0 Å². The summed E-state index contributed by atoms with van der Waals surface area (Å²) in [6.45, 7) is 0. The van der Waals surface area contributed by atoms with Gasteiger partial charge in [0.1, 0.15) is 0 Å². The Morgan fingerprint density at radius 2 is 0.706 bits per heavy atom. The topological polar surface area (TPSA) is 200 Å². The van der Waals surface area contributed by atoms with Crippen LogP contribution in [0.1, 0.15) is 0 Å². The van der Waals surface area contributed by atoms with Crippen molar-refractivity contribution in [2.24, 2.45) is 0 Å². The predicted octanol–water partition coefficient (Wildman–Crippen LogP) is -4.11. The molecule has 0 aliphatic rings. The first kappa shape index (κ1) is 30.0. The van der Waals surface area contributed by atoms with Gasteiger partial charge in [-0.05, 0) is 0 Å². The molecule has 0 amide bonds. The van der Waals surface area contributed by atoms with Gasteiger partial charge in [-0.2, -0.15) is 0 Å². The smallest absolute Gasteiger partial charge is 0.510 e. The Balaban J connectivity index is -0.0000000400. The largest absolute Gasteiger partial charge is 0.798 e. The molecule has 0 aromatic heterocycles. The SMILES string of the molecule is Cl.O=[Si](O)OO.O=[Si](O)OO.O=[Si](O)OO.[AlH3]. The first-order valence-electron chi connectivity index (χ1n) is 2.44. The molecule has 17 heteroatoms. The second-order valence-electron chi connectivity index (χ2n) is 1.07. The lowest BCUT2D eigenvalue weighted by atomic mass is 15.0. The van der Waals surface area contributed by atoms with Crippen LogP contribution in [0, 0.1) is 0 Å². The summed E-state index contributed by atoms with van der Waals surface area (Å²) in [6.07, 6.45) is 0. The highest BCUT2D eigenvalue weighted by atomic mass is 35.5. The molecule has 0 aliphatic heterocycles. The third kappa shape index (κ3) is 92.6. The third-order valence-electron chi connectivity index (χ3n) is 0.234. The van der Waals surface area contributed by atoms with Crippen molar-refractivity contribution in [3.8, 4) is 0 Å². The van der Waals surface area contributed by atoms with Gasteiger partial charge in [-0.15, -0.1) is 12.4 Å². The van der Waals surface area contributed by atoms with E-state index in [1.807, 2.05) is 0 Å². The van der Waals surface area contributed by atoms with Crippen LogP contribution in [0.2, 0.25) is 0 Å². The molecule has 0 radical (unpaired) electrons. The van der Waals surface area contributed by atoms with Crippen LogP contribution in [-0.2, 0) is 27.1 Å². The summed E-state index contributed by atoms with van der Waals surface area (Å²) in [7, 11) is -9.21. The molecule has 0 aromatic carbocycles. The van der Waals surface area contributed by atoms with Gasteiger partial charge in [-0.1, -0.05) is 0 Å². The molecule has 0 saturated carbocycles. The second-order valence-corrected chi connectivity index (χ2v) is 3.21. The molecule has 0 bridgehead atoms. The maximum atomic E-state index is 9.08. The van der Waals surface area contributed by atoms with Crippen molar-refractivity contribution in [1.29, 1.82) is 0 Å². The minimum absolute atomic E-state index is 0. The molecule has 0 fully saturated rings. The zero-order chi connectivity index (χ0) is 12.9. The van der Waals surface area contributed by atoms with Gasteiger partial charge in [0.05, 0.1) is 0 Å². The predicted molar refractivity (Wildman–Crippen MR) is 54.3 cm³/mol. The van der Waals surface area contributed by atoms with E-state index in [4.69, 9.17) is 43.5 Å². The van der Waals surface area contributed by atoms with Crippen molar-refractivity contribution in [3.05, 3.63) is 0 Å². The Morgan fingerprint density at radius 3 is 0.706 bits per heavy atom. The van der Waals surface area contributed by atoms with Crippen LogP contribution >= 0.6 is 12.4 Å². The molecule has 0 aromatic rings. The van der Waals surface area contributed by atoms with Gasteiger partial charge in [0.2, 0.25) is 0 Å². The molecule has 6 N–H and O–H groups in total. The Bertz CT molecular complexity index is 161. The monoisotopic (exact) mass is 348 g/mol. The molecule has 0 rings (SSSR count). The van der Waals surface area contributed by atoms with Gasteiger partial charge in [0, 0.05) is 0 Å². The highest BCUT2D eigenvalue weighted by Crippen LogP contribution is 1.50. The Labute approximate surface area is 115 Å². The van der Waals surface area contributed by atoms with Gasteiger partial charge in [-0.25, -0.2) is 15.8 Å². The number of halogens is 1.